The molecule has 144 valence electrons. The van der Waals surface area contributed by atoms with Crippen molar-refractivity contribution in [3.8, 4) is 17.1 Å². The number of aromatic nitrogens is 2. The van der Waals surface area contributed by atoms with Crippen molar-refractivity contribution in [2.24, 2.45) is 0 Å². The summed E-state index contributed by atoms with van der Waals surface area (Å²) in [5, 5.41) is 3.03. The second-order valence-corrected chi connectivity index (χ2v) is 6.46. The summed E-state index contributed by atoms with van der Waals surface area (Å²) < 4.78 is 19.5. The van der Waals surface area contributed by atoms with E-state index in [0.29, 0.717) is 27.7 Å². The molecule has 1 aromatic heterocycles. The fourth-order valence-corrected chi connectivity index (χ4v) is 2.94. The molecular formula is C20H17ClFN3O3. The molecule has 0 saturated carbocycles. The third kappa shape index (κ3) is 4.37. The van der Waals surface area contributed by atoms with Crippen LogP contribution in [0.5, 0.6) is 5.75 Å². The molecule has 0 aliphatic rings. The quantitative estimate of drug-likeness (QED) is 0.708. The Labute approximate surface area is 165 Å². The van der Waals surface area contributed by atoms with Crippen LogP contribution in [0.15, 0.2) is 53.3 Å². The molecule has 0 bridgehead atoms. The van der Waals surface area contributed by atoms with Crippen LogP contribution in [0.1, 0.15) is 5.69 Å². The Bertz CT molecular complexity index is 1080. The molecule has 3 aromatic rings. The van der Waals surface area contributed by atoms with Crippen LogP contribution in [0.3, 0.4) is 0 Å². The maximum atomic E-state index is 13.2. The Kier molecular flexibility index (Phi) is 5.75. The topological polar surface area (TPSA) is 73.2 Å². The number of amides is 1. The number of nitrogens with zero attached hydrogens (tertiary/aromatic N) is 2. The lowest BCUT2D eigenvalue weighted by atomic mass is 10.2. The zero-order valence-electron chi connectivity index (χ0n) is 15.2. The summed E-state index contributed by atoms with van der Waals surface area (Å²) in [6, 6.07) is 11.7. The molecule has 2 aromatic carbocycles. The number of benzene rings is 2. The maximum absolute atomic E-state index is 13.2. The summed E-state index contributed by atoms with van der Waals surface area (Å²) >= 11 is 6.06. The van der Waals surface area contributed by atoms with Gasteiger partial charge in [-0.1, -0.05) is 11.6 Å². The van der Waals surface area contributed by atoms with Gasteiger partial charge in [0.25, 0.3) is 5.56 Å². The molecule has 0 radical (unpaired) electrons. The molecule has 3 rings (SSSR count). The molecular weight excluding hydrogens is 385 g/mol. The van der Waals surface area contributed by atoms with E-state index in [1.807, 2.05) is 0 Å². The Morgan fingerprint density at radius 3 is 2.57 bits per heavy atom. The molecule has 6 nitrogen and oxygen atoms in total. The predicted octanol–water partition coefficient (Wildman–Crippen LogP) is 3.66. The molecule has 28 heavy (non-hydrogen) atoms. The van der Waals surface area contributed by atoms with Crippen LogP contribution in [-0.4, -0.2) is 22.6 Å². The molecule has 0 spiro atoms. The van der Waals surface area contributed by atoms with Crippen LogP contribution < -0.4 is 15.6 Å². The van der Waals surface area contributed by atoms with Crippen molar-refractivity contribution < 1.29 is 13.9 Å². The average molecular weight is 402 g/mol. The first-order chi connectivity index (χ1) is 13.4. The molecule has 0 aliphatic carbocycles. The van der Waals surface area contributed by atoms with E-state index in [-0.39, 0.29) is 17.9 Å². The normalized spacial score (nSPS) is 10.6. The summed E-state index contributed by atoms with van der Waals surface area (Å²) in [4.78, 5) is 29.3. The number of methoxy groups -OCH3 is 1. The fourth-order valence-electron chi connectivity index (χ4n) is 2.68. The van der Waals surface area contributed by atoms with Gasteiger partial charge in [-0.15, -0.1) is 0 Å². The summed E-state index contributed by atoms with van der Waals surface area (Å²) in [7, 11) is 1.49. The van der Waals surface area contributed by atoms with Gasteiger partial charge in [-0.25, -0.2) is 9.37 Å². The highest BCUT2D eigenvalue weighted by atomic mass is 35.5. The van der Waals surface area contributed by atoms with E-state index in [2.05, 4.69) is 10.3 Å². The van der Waals surface area contributed by atoms with Crippen molar-refractivity contribution in [1.29, 1.82) is 0 Å². The summed E-state index contributed by atoms with van der Waals surface area (Å²) in [6.45, 7) is 1.42. The van der Waals surface area contributed by atoms with E-state index in [9.17, 15) is 14.0 Å². The minimum Gasteiger partial charge on any atom is -0.495 e. The largest absolute Gasteiger partial charge is 0.495 e. The van der Waals surface area contributed by atoms with Crippen molar-refractivity contribution in [3.05, 3.63) is 75.4 Å². The van der Waals surface area contributed by atoms with Gasteiger partial charge in [-0.2, -0.15) is 0 Å². The molecule has 0 saturated heterocycles. The van der Waals surface area contributed by atoms with E-state index < -0.39 is 11.7 Å². The number of hydrogen-bond donors (Lipinski definition) is 1. The van der Waals surface area contributed by atoms with Crippen molar-refractivity contribution in [2.45, 2.75) is 13.5 Å². The third-order valence-corrected chi connectivity index (χ3v) is 4.27. The first kappa shape index (κ1) is 19.6. The van der Waals surface area contributed by atoms with Crippen LogP contribution >= 0.6 is 11.6 Å². The van der Waals surface area contributed by atoms with Gasteiger partial charge < -0.3 is 10.1 Å². The zero-order chi connectivity index (χ0) is 20.3. The lowest BCUT2D eigenvalue weighted by Crippen LogP contribution is -2.29. The smallest absolute Gasteiger partial charge is 0.254 e. The molecule has 0 fully saturated rings. The van der Waals surface area contributed by atoms with Crippen molar-refractivity contribution in [1.82, 2.24) is 9.55 Å². The van der Waals surface area contributed by atoms with E-state index in [0.717, 1.165) is 0 Å². The summed E-state index contributed by atoms with van der Waals surface area (Å²) in [5.74, 6) is -0.0677. The summed E-state index contributed by atoms with van der Waals surface area (Å²) in [6.07, 6.45) is 0. The SMILES string of the molecule is COc1ccc(NC(=O)Cn2c(-c3ccc(F)cc3)nc(C)cc2=O)cc1Cl. The standard InChI is InChI=1S/C20H17ClFN3O3/c1-12-9-19(27)25(20(23-12)13-3-5-14(22)6-4-13)11-18(26)24-15-7-8-17(28-2)16(21)10-15/h3-10H,11H2,1-2H3,(H,24,26). The van der Waals surface area contributed by atoms with Gasteiger partial charge in [-0.05, 0) is 49.4 Å². The number of nitrogens with one attached hydrogen (secondary N) is 1. The number of ether oxygens (including phenoxy) is 1. The highest BCUT2D eigenvalue weighted by molar-refractivity contribution is 6.32. The number of aryl methyl sites for hydroxylation is 1. The van der Waals surface area contributed by atoms with Gasteiger partial charge in [0.1, 0.15) is 23.9 Å². The van der Waals surface area contributed by atoms with Crippen molar-refractivity contribution >= 4 is 23.2 Å². The molecule has 1 amide bonds. The van der Waals surface area contributed by atoms with Gasteiger partial charge in [0.15, 0.2) is 0 Å². The van der Waals surface area contributed by atoms with Crippen LogP contribution in [-0.2, 0) is 11.3 Å². The van der Waals surface area contributed by atoms with Gasteiger partial charge in [-0.3, -0.25) is 14.2 Å². The number of carbonyl (C=O) groups excluding carboxylic acids is 1. The number of carbonyl (C=O) groups is 1. The fraction of sp³-hybridized carbons (Fsp3) is 0.150. The summed E-state index contributed by atoms with van der Waals surface area (Å²) in [5.41, 5.74) is 1.12. The second kappa shape index (κ2) is 8.22. The first-order valence-electron chi connectivity index (χ1n) is 8.35. The minimum absolute atomic E-state index is 0.261. The van der Waals surface area contributed by atoms with Crippen LogP contribution in [0.2, 0.25) is 5.02 Å². The molecule has 1 N–H and O–H groups in total. The number of anilines is 1. The van der Waals surface area contributed by atoms with Gasteiger partial charge in [0.2, 0.25) is 5.91 Å². The van der Waals surface area contributed by atoms with Crippen LogP contribution in [0, 0.1) is 12.7 Å². The lowest BCUT2D eigenvalue weighted by Gasteiger charge is -2.13. The van der Waals surface area contributed by atoms with Crippen LogP contribution in [0.25, 0.3) is 11.4 Å². The number of hydrogen-bond acceptors (Lipinski definition) is 4. The Hall–Kier alpha value is -3.19. The first-order valence-corrected chi connectivity index (χ1v) is 8.73. The van der Waals surface area contributed by atoms with Crippen molar-refractivity contribution in [2.75, 3.05) is 12.4 Å². The van der Waals surface area contributed by atoms with Crippen LogP contribution in [0.4, 0.5) is 10.1 Å². The predicted molar refractivity (Wildman–Crippen MR) is 105 cm³/mol. The monoisotopic (exact) mass is 401 g/mol. The van der Waals surface area contributed by atoms with E-state index in [1.54, 1.807) is 25.1 Å². The molecule has 8 heteroatoms. The molecule has 0 aliphatic heterocycles. The Morgan fingerprint density at radius 2 is 1.93 bits per heavy atom. The zero-order valence-corrected chi connectivity index (χ0v) is 16.0. The maximum Gasteiger partial charge on any atom is 0.254 e. The number of rotatable bonds is 5. The average Bonchev–Trinajstić information content (AvgIpc) is 2.64. The van der Waals surface area contributed by atoms with Crippen molar-refractivity contribution in [3.63, 3.8) is 0 Å². The van der Waals surface area contributed by atoms with E-state index in [1.165, 1.54) is 42.0 Å². The van der Waals surface area contributed by atoms with E-state index >= 15 is 0 Å². The van der Waals surface area contributed by atoms with Gasteiger partial charge in [0.05, 0.1) is 12.1 Å². The molecule has 0 atom stereocenters. The Balaban J connectivity index is 1.89. The van der Waals surface area contributed by atoms with Gasteiger partial charge >= 0.3 is 0 Å². The Morgan fingerprint density at radius 1 is 1.21 bits per heavy atom. The second-order valence-electron chi connectivity index (χ2n) is 6.05. The lowest BCUT2D eigenvalue weighted by molar-refractivity contribution is -0.116. The highest BCUT2D eigenvalue weighted by Crippen LogP contribution is 2.27. The third-order valence-electron chi connectivity index (χ3n) is 3.98. The molecule has 0 unspecified atom stereocenters. The van der Waals surface area contributed by atoms with E-state index in [4.69, 9.17) is 16.3 Å². The number of halogens is 2. The molecule has 1 heterocycles. The van der Waals surface area contributed by atoms with Gasteiger partial charge in [0, 0.05) is 23.0 Å². The highest BCUT2D eigenvalue weighted by Gasteiger charge is 2.14. The minimum atomic E-state index is -0.433.